The first-order chi connectivity index (χ1) is 31.7. The second kappa shape index (κ2) is 15.2. The Morgan fingerprint density at radius 2 is 1.14 bits per heavy atom. The average Bonchev–Trinajstić information content (AvgIpc) is 3.41. The van der Waals surface area contributed by atoms with Gasteiger partial charge >= 0.3 is 0 Å². The molecule has 2 aliphatic carbocycles. The molecule has 0 saturated carbocycles. The van der Waals surface area contributed by atoms with Crippen molar-refractivity contribution in [3.63, 3.8) is 0 Å². The van der Waals surface area contributed by atoms with Crippen LogP contribution in [0.25, 0.3) is 11.1 Å². The molecule has 65 heavy (non-hydrogen) atoms. The van der Waals surface area contributed by atoms with Crippen LogP contribution >= 0.6 is 0 Å². The Balaban J connectivity index is 1.04. The summed E-state index contributed by atoms with van der Waals surface area (Å²) in [6.45, 7) is 12.7. The number of nitrogens with zero attached hydrogens (tertiary/aromatic N) is 1. The highest BCUT2D eigenvalue weighted by atomic mass is 15.1. The van der Waals surface area contributed by atoms with E-state index in [0.29, 0.717) is 5.92 Å². The minimum Gasteiger partial charge on any atom is -0.310 e. The first-order valence-corrected chi connectivity index (χ1v) is 24.0. The summed E-state index contributed by atoms with van der Waals surface area (Å²) < 4.78 is 0. The molecule has 2 heteroatoms. The van der Waals surface area contributed by atoms with Gasteiger partial charge in [-0.25, -0.2) is 0 Å². The van der Waals surface area contributed by atoms with Gasteiger partial charge in [-0.05, 0) is 134 Å². The maximum Gasteiger partial charge on any atom is 0.242 e. The summed E-state index contributed by atoms with van der Waals surface area (Å²) >= 11 is 0. The molecule has 2 heterocycles. The summed E-state index contributed by atoms with van der Waals surface area (Å²) in [6, 6.07) is 73.7. The number of hydrogen-bond acceptors (Lipinski definition) is 1. The van der Waals surface area contributed by atoms with Crippen LogP contribution in [0.5, 0.6) is 0 Å². The van der Waals surface area contributed by atoms with Crippen molar-refractivity contribution in [3.05, 3.63) is 250 Å². The summed E-state index contributed by atoms with van der Waals surface area (Å²) in [7, 11) is 0. The molecule has 0 spiro atoms. The van der Waals surface area contributed by atoms with Gasteiger partial charge in [0.2, 0.25) is 6.71 Å². The second-order valence-corrected chi connectivity index (χ2v) is 20.3. The third-order valence-electron chi connectivity index (χ3n) is 16.1. The number of hydrogen-bond donors (Lipinski definition) is 0. The first-order valence-electron chi connectivity index (χ1n) is 24.0. The van der Waals surface area contributed by atoms with E-state index in [2.05, 4.69) is 234 Å². The molecular weight excluding hydrogens is 782 g/mol. The highest BCUT2D eigenvalue weighted by molar-refractivity contribution is 6.97. The van der Waals surface area contributed by atoms with Crippen molar-refractivity contribution in [1.29, 1.82) is 0 Å². The topological polar surface area (TPSA) is 3.24 Å². The van der Waals surface area contributed by atoms with Crippen LogP contribution in [-0.2, 0) is 23.7 Å². The summed E-state index contributed by atoms with van der Waals surface area (Å²) in [4.78, 5) is 2.49. The van der Waals surface area contributed by atoms with Crippen LogP contribution in [0.15, 0.2) is 194 Å². The van der Waals surface area contributed by atoms with Crippen molar-refractivity contribution in [2.45, 2.75) is 76.5 Å². The second-order valence-electron chi connectivity index (χ2n) is 20.3. The minimum atomic E-state index is -0.199. The molecule has 2 aliphatic heterocycles. The highest BCUT2D eigenvalue weighted by Gasteiger charge is 2.50. The van der Waals surface area contributed by atoms with Crippen molar-refractivity contribution in [2.24, 2.45) is 5.92 Å². The lowest BCUT2D eigenvalue weighted by molar-refractivity contribution is 0.563. The number of aryl methyl sites for hydroxylation is 1. The summed E-state index contributed by atoms with van der Waals surface area (Å²) in [5.74, 6) is 0.924. The lowest BCUT2D eigenvalue weighted by atomic mass is 9.30. The Hall–Kier alpha value is -6.64. The number of rotatable bonds is 8. The third kappa shape index (κ3) is 6.20. The standard InChI is InChI=1S/C63H56BN/c1-41-51-40-52-49(60-59(41)50-36-34-42(37-55(50)63(60,4)5)33-35-48(43-21-10-6-11-22-43)44-23-12-7-13-24-44)29-20-32-57(52)64-58-31-19-18-30-54(58)62(2,3)56-39-47(38-53(51)61(56)64)65(45-25-14-8-15-26-45)46-27-16-9-17-28-46/h6-32,34,36-39,41,48,51H,33,35,40H2,1-5H3/t41?,51-/m1/s1. The number of para-hydroxylation sites is 2. The van der Waals surface area contributed by atoms with E-state index in [4.69, 9.17) is 0 Å². The lowest BCUT2D eigenvalue weighted by Gasteiger charge is -2.42. The fourth-order valence-corrected chi connectivity index (χ4v) is 13.1. The molecule has 0 N–H and O–H groups in total. The van der Waals surface area contributed by atoms with Gasteiger partial charge in [0.05, 0.1) is 0 Å². The van der Waals surface area contributed by atoms with Crippen LogP contribution in [0.1, 0.15) is 109 Å². The Morgan fingerprint density at radius 3 is 1.80 bits per heavy atom. The fraction of sp³-hybridized carbons (Fsp3) is 0.206. The molecule has 0 fully saturated rings. The van der Waals surface area contributed by atoms with Crippen molar-refractivity contribution in [1.82, 2.24) is 0 Å². The monoisotopic (exact) mass is 837 g/mol. The number of fused-ring (bicyclic) bond motifs is 8. The molecule has 2 bridgehead atoms. The van der Waals surface area contributed by atoms with Gasteiger partial charge in [-0.15, -0.1) is 0 Å². The molecule has 12 rings (SSSR count). The van der Waals surface area contributed by atoms with Gasteiger partial charge in [0.15, 0.2) is 0 Å². The quantitative estimate of drug-likeness (QED) is 0.138. The van der Waals surface area contributed by atoms with Gasteiger partial charge in [0, 0.05) is 33.8 Å². The molecule has 0 radical (unpaired) electrons. The van der Waals surface area contributed by atoms with Crippen molar-refractivity contribution < 1.29 is 0 Å². The first kappa shape index (κ1) is 39.9. The van der Waals surface area contributed by atoms with Crippen LogP contribution in [0, 0.1) is 5.92 Å². The van der Waals surface area contributed by atoms with E-state index in [0.717, 1.165) is 19.3 Å². The van der Waals surface area contributed by atoms with Gasteiger partial charge < -0.3 is 4.90 Å². The van der Waals surface area contributed by atoms with Gasteiger partial charge in [-0.3, -0.25) is 0 Å². The number of anilines is 3. The molecule has 316 valence electrons. The number of benzene rings is 8. The fourth-order valence-electron chi connectivity index (χ4n) is 13.1. The highest BCUT2D eigenvalue weighted by Crippen LogP contribution is 2.59. The molecule has 8 aromatic rings. The SMILES string of the molecule is CC1C2=C(c3cccc4c3C[C@H]1c1cc(N(c3ccccc3)c3ccccc3)cc3c1B4c1ccccc1C3(C)C)C(C)(C)c1cc(CCC(c3ccccc3)c3ccccc3)ccc12. The minimum absolute atomic E-state index is 0.158. The van der Waals surface area contributed by atoms with E-state index >= 15 is 0 Å². The van der Waals surface area contributed by atoms with Crippen LogP contribution in [0.3, 0.4) is 0 Å². The smallest absolute Gasteiger partial charge is 0.242 e. The molecule has 0 aromatic heterocycles. The predicted octanol–water partition coefficient (Wildman–Crippen LogP) is 13.6. The zero-order valence-corrected chi connectivity index (χ0v) is 38.4. The molecule has 2 atom stereocenters. The molecule has 1 unspecified atom stereocenters. The normalized spacial score (nSPS) is 18.0. The molecule has 8 aromatic carbocycles. The molecular formula is C63H56BN. The average molecular weight is 838 g/mol. The summed E-state index contributed by atoms with van der Waals surface area (Å²) in [5.41, 5.74) is 25.4. The molecule has 1 nitrogen and oxygen atoms in total. The van der Waals surface area contributed by atoms with Crippen LogP contribution in [-0.4, -0.2) is 6.71 Å². The number of allylic oxidation sites excluding steroid dienone is 2. The van der Waals surface area contributed by atoms with E-state index in [1.54, 1.807) is 16.7 Å². The van der Waals surface area contributed by atoms with Gasteiger partial charge in [0.1, 0.15) is 0 Å². The maximum absolute atomic E-state index is 2.62. The Kier molecular flexibility index (Phi) is 9.36. The van der Waals surface area contributed by atoms with Gasteiger partial charge in [-0.1, -0.05) is 209 Å². The predicted molar refractivity (Wildman–Crippen MR) is 276 cm³/mol. The maximum atomic E-state index is 2.62. The Labute approximate surface area is 386 Å². The molecule has 0 saturated heterocycles. The largest absolute Gasteiger partial charge is 0.310 e. The molecule has 0 amide bonds. The summed E-state index contributed by atoms with van der Waals surface area (Å²) in [5, 5.41) is 0. The zero-order chi connectivity index (χ0) is 44.0. The van der Waals surface area contributed by atoms with Crippen molar-refractivity contribution in [2.75, 3.05) is 4.90 Å². The van der Waals surface area contributed by atoms with Crippen LogP contribution < -0.4 is 21.3 Å². The van der Waals surface area contributed by atoms with E-state index in [1.165, 1.54) is 83.5 Å². The Bertz CT molecular complexity index is 3070. The molecule has 4 aliphatic rings. The van der Waals surface area contributed by atoms with Crippen molar-refractivity contribution in [3.8, 4) is 0 Å². The third-order valence-corrected chi connectivity index (χ3v) is 16.1. The Morgan fingerprint density at radius 1 is 0.538 bits per heavy atom. The van der Waals surface area contributed by atoms with E-state index in [1.807, 2.05) is 0 Å². The van der Waals surface area contributed by atoms with Gasteiger partial charge in [-0.2, -0.15) is 0 Å². The van der Waals surface area contributed by atoms with Crippen molar-refractivity contribution >= 4 is 51.3 Å². The summed E-state index contributed by atoms with van der Waals surface area (Å²) in [6.07, 6.45) is 3.11. The van der Waals surface area contributed by atoms with Crippen LogP contribution in [0.2, 0.25) is 0 Å². The van der Waals surface area contributed by atoms with Crippen LogP contribution in [0.4, 0.5) is 17.1 Å². The van der Waals surface area contributed by atoms with E-state index in [-0.39, 0.29) is 29.4 Å². The zero-order valence-electron chi connectivity index (χ0n) is 38.4. The van der Waals surface area contributed by atoms with E-state index in [9.17, 15) is 0 Å². The van der Waals surface area contributed by atoms with E-state index < -0.39 is 0 Å². The van der Waals surface area contributed by atoms with Gasteiger partial charge in [0.25, 0.3) is 0 Å². The lowest BCUT2D eigenvalue weighted by Crippen LogP contribution is -2.61.